The van der Waals surface area contributed by atoms with Gasteiger partial charge in [0.05, 0.1) is 11.7 Å². The summed E-state index contributed by atoms with van der Waals surface area (Å²) in [6, 6.07) is 5.79. The first kappa shape index (κ1) is 18.0. The number of aliphatic hydroxyl groups excluding tert-OH is 1. The highest BCUT2D eigenvalue weighted by Gasteiger charge is 2.55. The second kappa shape index (κ2) is 6.67. The average Bonchev–Trinajstić information content (AvgIpc) is 2.98. The maximum atomic E-state index is 11.3. The van der Waals surface area contributed by atoms with Gasteiger partial charge in [-0.2, -0.15) is 0 Å². The molecule has 3 aliphatic rings. The van der Waals surface area contributed by atoms with Crippen molar-refractivity contribution in [1.82, 2.24) is 0 Å². The average molecular weight is 357 g/mol. The molecule has 0 aliphatic heterocycles. The maximum Gasteiger partial charge on any atom is 0.335 e. The van der Waals surface area contributed by atoms with E-state index in [1.165, 1.54) is 43.2 Å². The molecule has 0 saturated heterocycles. The van der Waals surface area contributed by atoms with Gasteiger partial charge in [0, 0.05) is 0 Å². The van der Waals surface area contributed by atoms with Crippen LogP contribution in [0.15, 0.2) is 18.2 Å². The lowest BCUT2D eigenvalue weighted by molar-refractivity contribution is -0.0270. The standard InChI is InChI=1S/C23H32O3/c1-3-4-21(24)20-10-9-19-18-8-5-14-13-15(22(25)26)6-7-16(14)17(18)11-12-23(19,20)2/h6-7,13,17-21,24H,3-5,8-12H2,1-2H3,(H,25,26)/t17-,18-,19+,20-,21-,23+/m1/s1. The lowest BCUT2D eigenvalue weighted by Crippen LogP contribution is -2.44. The van der Waals surface area contributed by atoms with E-state index in [0.717, 1.165) is 19.3 Å². The molecule has 4 rings (SSSR count). The monoisotopic (exact) mass is 356 g/mol. The van der Waals surface area contributed by atoms with Crippen LogP contribution in [0.5, 0.6) is 0 Å². The Balaban J connectivity index is 1.60. The van der Waals surface area contributed by atoms with Crippen molar-refractivity contribution < 1.29 is 15.0 Å². The number of hydrogen-bond donors (Lipinski definition) is 2. The number of fused-ring (bicyclic) bond motifs is 5. The van der Waals surface area contributed by atoms with E-state index in [4.69, 9.17) is 0 Å². The summed E-state index contributed by atoms with van der Waals surface area (Å²) in [7, 11) is 0. The molecule has 0 heterocycles. The number of carbonyl (C=O) groups is 1. The molecule has 142 valence electrons. The Morgan fingerprint density at radius 2 is 2.08 bits per heavy atom. The molecule has 0 radical (unpaired) electrons. The van der Waals surface area contributed by atoms with Crippen molar-refractivity contribution in [1.29, 1.82) is 0 Å². The minimum absolute atomic E-state index is 0.138. The third-order valence-electron chi connectivity index (χ3n) is 8.10. The highest BCUT2D eigenvalue weighted by molar-refractivity contribution is 5.88. The maximum absolute atomic E-state index is 11.3. The smallest absolute Gasteiger partial charge is 0.335 e. The molecule has 3 nitrogen and oxygen atoms in total. The first-order valence-electron chi connectivity index (χ1n) is 10.5. The minimum atomic E-state index is -0.824. The number of rotatable bonds is 4. The molecule has 3 heteroatoms. The van der Waals surface area contributed by atoms with E-state index in [1.807, 2.05) is 6.07 Å². The minimum Gasteiger partial charge on any atom is -0.478 e. The molecule has 3 aliphatic carbocycles. The van der Waals surface area contributed by atoms with Gasteiger partial charge in [0.25, 0.3) is 0 Å². The Labute approximate surface area is 156 Å². The van der Waals surface area contributed by atoms with Crippen molar-refractivity contribution in [2.24, 2.45) is 23.2 Å². The van der Waals surface area contributed by atoms with Crippen LogP contribution in [-0.2, 0) is 6.42 Å². The van der Waals surface area contributed by atoms with Crippen molar-refractivity contribution in [3.63, 3.8) is 0 Å². The molecule has 2 fully saturated rings. The van der Waals surface area contributed by atoms with Gasteiger partial charge in [0.1, 0.15) is 0 Å². The predicted molar refractivity (Wildman–Crippen MR) is 102 cm³/mol. The molecule has 2 N–H and O–H groups in total. The fraction of sp³-hybridized carbons (Fsp3) is 0.696. The summed E-state index contributed by atoms with van der Waals surface area (Å²) in [5.74, 6) is 1.64. The third kappa shape index (κ3) is 2.70. The lowest BCUT2D eigenvalue weighted by Gasteiger charge is -2.51. The zero-order valence-corrected chi connectivity index (χ0v) is 16.1. The van der Waals surface area contributed by atoms with Crippen molar-refractivity contribution in [2.45, 2.75) is 77.2 Å². The van der Waals surface area contributed by atoms with Gasteiger partial charge in [-0.05, 0) is 97.3 Å². The van der Waals surface area contributed by atoms with Crippen LogP contribution in [0, 0.1) is 23.2 Å². The van der Waals surface area contributed by atoms with Gasteiger partial charge < -0.3 is 10.2 Å². The van der Waals surface area contributed by atoms with E-state index < -0.39 is 5.97 Å². The van der Waals surface area contributed by atoms with Crippen LogP contribution in [0.1, 0.15) is 86.2 Å². The van der Waals surface area contributed by atoms with E-state index >= 15 is 0 Å². The van der Waals surface area contributed by atoms with E-state index in [9.17, 15) is 15.0 Å². The quantitative estimate of drug-likeness (QED) is 0.796. The van der Waals surface area contributed by atoms with Gasteiger partial charge in [-0.3, -0.25) is 0 Å². The normalized spacial score (nSPS) is 36.7. The Morgan fingerprint density at radius 3 is 2.81 bits per heavy atom. The van der Waals surface area contributed by atoms with E-state index in [-0.39, 0.29) is 11.5 Å². The molecule has 2 saturated carbocycles. The molecule has 0 amide bonds. The predicted octanol–water partition coefficient (Wildman–Crippen LogP) is 5.02. The molecular formula is C23H32O3. The second-order valence-corrected chi connectivity index (χ2v) is 9.22. The van der Waals surface area contributed by atoms with Gasteiger partial charge in [-0.25, -0.2) is 4.79 Å². The van der Waals surface area contributed by atoms with Crippen molar-refractivity contribution >= 4 is 5.97 Å². The zero-order chi connectivity index (χ0) is 18.5. The first-order chi connectivity index (χ1) is 12.5. The highest BCUT2D eigenvalue weighted by atomic mass is 16.4. The number of aryl methyl sites for hydroxylation is 1. The third-order valence-corrected chi connectivity index (χ3v) is 8.10. The van der Waals surface area contributed by atoms with Crippen LogP contribution in [0.2, 0.25) is 0 Å². The molecule has 6 atom stereocenters. The summed E-state index contributed by atoms with van der Waals surface area (Å²) in [4.78, 5) is 11.3. The van der Waals surface area contributed by atoms with Crippen molar-refractivity contribution in [3.8, 4) is 0 Å². The Kier molecular flexibility index (Phi) is 4.63. The van der Waals surface area contributed by atoms with Crippen LogP contribution in [-0.4, -0.2) is 22.3 Å². The Bertz CT molecular complexity index is 697. The molecule has 26 heavy (non-hydrogen) atoms. The molecular weight excluding hydrogens is 324 g/mol. The summed E-state index contributed by atoms with van der Waals surface area (Å²) in [5.41, 5.74) is 3.38. The lowest BCUT2D eigenvalue weighted by atomic mass is 9.53. The SMILES string of the molecule is CCC[C@@H](O)[C@H]1CC[C@H]2[C@@H]3CCc4cc(C(=O)O)ccc4[C@H]3CC[C@]12C. The van der Waals surface area contributed by atoms with Gasteiger partial charge in [-0.15, -0.1) is 0 Å². The Morgan fingerprint density at radius 1 is 1.27 bits per heavy atom. The summed E-state index contributed by atoms with van der Waals surface area (Å²) in [6.07, 6.45) is 8.86. The molecule has 1 aromatic rings. The topological polar surface area (TPSA) is 57.5 Å². The molecule has 0 unspecified atom stereocenters. The molecule has 1 aromatic carbocycles. The summed E-state index contributed by atoms with van der Waals surface area (Å²) >= 11 is 0. The summed E-state index contributed by atoms with van der Waals surface area (Å²) < 4.78 is 0. The fourth-order valence-electron chi connectivity index (χ4n) is 6.88. The van der Waals surface area contributed by atoms with E-state index in [1.54, 1.807) is 6.07 Å². The fourth-order valence-corrected chi connectivity index (χ4v) is 6.88. The van der Waals surface area contributed by atoms with Crippen LogP contribution in [0.3, 0.4) is 0 Å². The summed E-state index contributed by atoms with van der Waals surface area (Å²) in [6.45, 7) is 4.62. The molecule has 0 aromatic heterocycles. The van der Waals surface area contributed by atoms with Gasteiger partial charge >= 0.3 is 5.97 Å². The number of aromatic carboxylic acids is 1. The van der Waals surface area contributed by atoms with E-state index in [2.05, 4.69) is 19.9 Å². The number of benzene rings is 1. The number of hydrogen-bond acceptors (Lipinski definition) is 2. The van der Waals surface area contributed by atoms with Crippen LogP contribution in [0.25, 0.3) is 0 Å². The highest BCUT2D eigenvalue weighted by Crippen LogP contribution is 2.63. The Hall–Kier alpha value is -1.35. The van der Waals surface area contributed by atoms with Gasteiger partial charge in [-0.1, -0.05) is 26.3 Å². The van der Waals surface area contributed by atoms with Crippen LogP contribution < -0.4 is 0 Å². The number of carboxylic acids is 1. The van der Waals surface area contributed by atoms with Gasteiger partial charge in [0.15, 0.2) is 0 Å². The summed E-state index contributed by atoms with van der Waals surface area (Å²) in [5, 5.41) is 20.0. The zero-order valence-electron chi connectivity index (χ0n) is 16.1. The first-order valence-corrected chi connectivity index (χ1v) is 10.5. The second-order valence-electron chi connectivity index (χ2n) is 9.22. The van der Waals surface area contributed by atoms with Crippen LogP contribution >= 0.6 is 0 Å². The van der Waals surface area contributed by atoms with Crippen molar-refractivity contribution in [3.05, 3.63) is 34.9 Å². The van der Waals surface area contributed by atoms with Crippen molar-refractivity contribution in [2.75, 3.05) is 0 Å². The van der Waals surface area contributed by atoms with Crippen LogP contribution in [0.4, 0.5) is 0 Å². The molecule has 0 spiro atoms. The van der Waals surface area contributed by atoms with Gasteiger partial charge in [0.2, 0.25) is 0 Å². The largest absolute Gasteiger partial charge is 0.478 e. The van der Waals surface area contributed by atoms with E-state index in [0.29, 0.717) is 29.2 Å². The number of aliphatic hydroxyl groups is 1. The number of carboxylic acid groups (broad SMARTS) is 1. The molecule has 0 bridgehead atoms.